The van der Waals surface area contributed by atoms with Gasteiger partial charge in [-0.25, -0.2) is 0 Å². The SMILES string of the molecule is CC(C)COc1c([C@H](C)N)ccc2ccccc12. The van der Waals surface area contributed by atoms with Gasteiger partial charge in [0.15, 0.2) is 0 Å². The molecule has 0 saturated carbocycles. The van der Waals surface area contributed by atoms with Gasteiger partial charge in [0.1, 0.15) is 5.75 Å². The Morgan fingerprint density at radius 3 is 2.44 bits per heavy atom. The van der Waals surface area contributed by atoms with Crippen LogP contribution in [0.15, 0.2) is 36.4 Å². The van der Waals surface area contributed by atoms with E-state index in [0.717, 1.165) is 16.7 Å². The maximum Gasteiger partial charge on any atom is 0.131 e. The van der Waals surface area contributed by atoms with E-state index in [9.17, 15) is 0 Å². The summed E-state index contributed by atoms with van der Waals surface area (Å²) >= 11 is 0. The zero-order chi connectivity index (χ0) is 13.1. The van der Waals surface area contributed by atoms with E-state index < -0.39 is 0 Å². The Hall–Kier alpha value is -1.54. The van der Waals surface area contributed by atoms with Crippen LogP contribution in [0.2, 0.25) is 0 Å². The van der Waals surface area contributed by atoms with E-state index in [2.05, 4.69) is 38.1 Å². The van der Waals surface area contributed by atoms with Crippen LogP contribution in [-0.2, 0) is 0 Å². The molecular formula is C16H21NO. The van der Waals surface area contributed by atoms with Crippen LogP contribution in [0.5, 0.6) is 5.75 Å². The first kappa shape index (κ1) is 12.9. The molecule has 0 aliphatic rings. The van der Waals surface area contributed by atoms with Crippen LogP contribution >= 0.6 is 0 Å². The van der Waals surface area contributed by atoms with Crippen LogP contribution in [0, 0.1) is 5.92 Å². The predicted molar refractivity (Wildman–Crippen MR) is 76.9 cm³/mol. The highest BCUT2D eigenvalue weighted by atomic mass is 16.5. The Bertz CT molecular complexity index is 532. The summed E-state index contributed by atoms with van der Waals surface area (Å²) in [5.74, 6) is 1.45. The van der Waals surface area contributed by atoms with E-state index in [-0.39, 0.29) is 6.04 Å². The lowest BCUT2D eigenvalue weighted by Crippen LogP contribution is -2.11. The number of fused-ring (bicyclic) bond motifs is 1. The zero-order valence-corrected chi connectivity index (χ0v) is 11.3. The third-order valence-corrected chi connectivity index (χ3v) is 2.96. The highest BCUT2D eigenvalue weighted by molar-refractivity contribution is 5.89. The van der Waals surface area contributed by atoms with E-state index >= 15 is 0 Å². The van der Waals surface area contributed by atoms with Gasteiger partial charge >= 0.3 is 0 Å². The molecule has 0 aromatic heterocycles. The number of hydrogen-bond donors (Lipinski definition) is 1. The number of ether oxygens (including phenoxy) is 1. The summed E-state index contributed by atoms with van der Waals surface area (Å²) in [5.41, 5.74) is 7.11. The van der Waals surface area contributed by atoms with Crippen molar-refractivity contribution in [1.29, 1.82) is 0 Å². The molecule has 0 heterocycles. The molecule has 1 atom stereocenters. The first-order chi connectivity index (χ1) is 8.59. The zero-order valence-electron chi connectivity index (χ0n) is 11.3. The molecule has 0 unspecified atom stereocenters. The molecule has 0 spiro atoms. The van der Waals surface area contributed by atoms with Crippen molar-refractivity contribution in [3.05, 3.63) is 42.0 Å². The first-order valence-corrected chi connectivity index (χ1v) is 6.49. The molecule has 2 rings (SSSR count). The summed E-state index contributed by atoms with van der Waals surface area (Å²) in [6, 6.07) is 12.4. The largest absolute Gasteiger partial charge is 0.492 e. The molecule has 18 heavy (non-hydrogen) atoms. The average Bonchev–Trinajstić information content (AvgIpc) is 2.35. The molecule has 0 amide bonds. The van der Waals surface area contributed by atoms with Gasteiger partial charge in [0.25, 0.3) is 0 Å². The molecule has 2 aromatic rings. The minimum absolute atomic E-state index is 0.0169. The molecule has 0 fully saturated rings. The fraction of sp³-hybridized carbons (Fsp3) is 0.375. The molecule has 2 aromatic carbocycles. The molecule has 0 saturated heterocycles. The molecule has 96 valence electrons. The number of nitrogens with two attached hydrogens (primary N) is 1. The van der Waals surface area contributed by atoms with Crippen LogP contribution in [-0.4, -0.2) is 6.61 Å². The maximum absolute atomic E-state index is 6.03. The lowest BCUT2D eigenvalue weighted by molar-refractivity contribution is 0.270. The van der Waals surface area contributed by atoms with Crippen molar-refractivity contribution in [2.75, 3.05) is 6.61 Å². The van der Waals surface area contributed by atoms with Crippen molar-refractivity contribution in [2.24, 2.45) is 11.7 Å². The summed E-state index contributed by atoms with van der Waals surface area (Å²) in [6.45, 7) is 7.01. The van der Waals surface area contributed by atoms with Gasteiger partial charge in [-0.3, -0.25) is 0 Å². The Morgan fingerprint density at radius 1 is 1.06 bits per heavy atom. The molecular weight excluding hydrogens is 222 g/mol. The third-order valence-electron chi connectivity index (χ3n) is 2.96. The normalized spacial score (nSPS) is 12.9. The number of hydrogen-bond acceptors (Lipinski definition) is 2. The van der Waals surface area contributed by atoms with Crippen LogP contribution < -0.4 is 10.5 Å². The monoisotopic (exact) mass is 243 g/mol. The standard InChI is InChI=1S/C16H21NO/c1-11(2)10-18-16-14(12(3)17)9-8-13-6-4-5-7-15(13)16/h4-9,11-12H,10,17H2,1-3H3/t12-/m0/s1. The van der Waals surface area contributed by atoms with Crippen LogP contribution in [0.3, 0.4) is 0 Å². The van der Waals surface area contributed by atoms with Gasteiger partial charge in [-0.05, 0) is 18.2 Å². The highest BCUT2D eigenvalue weighted by Crippen LogP contribution is 2.33. The van der Waals surface area contributed by atoms with Crippen molar-refractivity contribution in [2.45, 2.75) is 26.8 Å². The van der Waals surface area contributed by atoms with Crippen molar-refractivity contribution < 1.29 is 4.74 Å². The number of rotatable bonds is 4. The molecule has 2 heteroatoms. The van der Waals surface area contributed by atoms with Crippen LogP contribution in [0.1, 0.15) is 32.4 Å². The fourth-order valence-electron chi connectivity index (χ4n) is 2.03. The summed E-state index contributed by atoms with van der Waals surface area (Å²) < 4.78 is 5.99. The molecule has 2 nitrogen and oxygen atoms in total. The lowest BCUT2D eigenvalue weighted by Gasteiger charge is -2.17. The topological polar surface area (TPSA) is 35.2 Å². The third kappa shape index (κ3) is 2.65. The Balaban J connectivity index is 2.52. The quantitative estimate of drug-likeness (QED) is 0.884. The van der Waals surface area contributed by atoms with Gasteiger partial charge in [0.2, 0.25) is 0 Å². The maximum atomic E-state index is 6.03. The predicted octanol–water partition coefficient (Wildman–Crippen LogP) is 3.89. The lowest BCUT2D eigenvalue weighted by atomic mass is 10.0. The van der Waals surface area contributed by atoms with Gasteiger partial charge in [-0.2, -0.15) is 0 Å². The summed E-state index contributed by atoms with van der Waals surface area (Å²) in [5, 5.41) is 2.34. The van der Waals surface area contributed by atoms with Gasteiger partial charge in [-0.1, -0.05) is 50.2 Å². The molecule has 0 bridgehead atoms. The summed E-state index contributed by atoms with van der Waals surface area (Å²) in [4.78, 5) is 0. The van der Waals surface area contributed by atoms with Crippen molar-refractivity contribution in [3.63, 3.8) is 0 Å². The van der Waals surface area contributed by atoms with Crippen molar-refractivity contribution >= 4 is 10.8 Å². The summed E-state index contributed by atoms with van der Waals surface area (Å²) in [6.07, 6.45) is 0. The van der Waals surface area contributed by atoms with Gasteiger partial charge in [0, 0.05) is 17.0 Å². The second-order valence-electron chi connectivity index (χ2n) is 5.20. The van der Waals surface area contributed by atoms with E-state index in [1.807, 2.05) is 19.1 Å². The van der Waals surface area contributed by atoms with Gasteiger partial charge in [0.05, 0.1) is 6.61 Å². The van der Waals surface area contributed by atoms with Gasteiger partial charge in [-0.15, -0.1) is 0 Å². The molecule has 2 N–H and O–H groups in total. The Morgan fingerprint density at radius 2 is 1.78 bits per heavy atom. The minimum Gasteiger partial charge on any atom is -0.492 e. The second-order valence-corrected chi connectivity index (χ2v) is 5.20. The summed E-state index contributed by atoms with van der Waals surface area (Å²) in [7, 11) is 0. The molecule has 0 aliphatic carbocycles. The van der Waals surface area contributed by atoms with Crippen LogP contribution in [0.4, 0.5) is 0 Å². The van der Waals surface area contributed by atoms with E-state index in [0.29, 0.717) is 12.5 Å². The van der Waals surface area contributed by atoms with E-state index in [4.69, 9.17) is 10.5 Å². The van der Waals surface area contributed by atoms with E-state index in [1.165, 1.54) is 5.39 Å². The molecule has 0 radical (unpaired) electrons. The highest BCUT2D eigenvalue weighted by Gasteiger charge is 2.12. The van der Waals surface area contributed by atoms with Gasteiger partial charge < -0.3 is 10.5 Å². The number of benzene rings is 2. The smallest absolute Gasteiger partial charge is 0.131 e. The second kappa shape index (κ2) is 5.40. The van der Waals surface area contributed by atoms with Crippen LogP contribution in [0.25, 0.3) is 10.8 Å². The fourth-order valence-corrected chi connectivity index (χ4v) is 2.03. The Labute approximate surface area is 109 Å². The average molecular weight is 243 g/mol. The Kier molecular flexibility index (Phi) is 3.87. The van der Waals surface area contributed by atoms with E-state index in [1.54, 1.807) is 0 Å². The van der Waals surface area contributed by atoms with Crippen molar-refractivity contribution in [3.8, 4) is 5.75 Å². The molecule has 0 aliphatic heterocycles. The minimum atomic E-state index is -0.0169. The van der Waals surface area contributed by atoms with Crippen molar-refractivity contribution in [1.82, 2.24) is 0 Å². The first-order valence-electron chi connectivity index (χ1n) is 6.49.